The molecule has 0 heterocycles. The predicted octanol–water partition coefficient (Wildman–Crippen LogP) is 4.45. The van der Waals surface area contributed by atoms with Crippen LogP contribution in [-0.4, -0.2) is 6.61 Å². The third kappa shape index (κ3) is 3.88. The molecular weight excluding hydrogens is 377 g/mol. The molecule has 3 nitrogen and oxygen atoms in total. The van der Waals surface area contributed by atoms with Crippen LogP contribution in [0.2, 0.25) is 0 Å². The van der Waals surface area contributed by atoms with E-state index in [-0.39, 0.29) is 0 Å². The van der Waals surface area contributed by atoms with Crippen LogP contribution in [0.3, 0.4) is 0 Å². The second kappa shape index (κ2) is 7.32. The minimum absolute atomic E-state index is 0.481. The van der Waals surface area contributed by atoms with Crippen LogP contribution < -0.4 is 9.47 Å². The highest BCUT2D eigenvalue weighted by molar-refractivity contribution is 14.1. The summed E-state index contributed by atoms with van der Waals surface area (Å²) < 4.78 is 12.4. The van der Waals surface area contributed by atoms with Crippen molar-refractivity contribution >= 4 is 22.6 Å². The largest absolute Gasteiger partial charge is 0.490 e. The number of nitriles is 1. The number of nitrogens with zero attached hydrogens (tertiary/aromatic N) is 1. The molecule has 0 N–H and O–H groups in total. The first-order chi connectivity index (χ1) is 10.2. The molecule has 0 radical (unpaired) electrons. The Kier molecular flexibility index (Phi) is 5.45. The van der Waals surface area contributed by atoms with Crippen molar-refractivity contribution in [3.05, 3.63) is 56.7 Å². The van der Waals surface area contributed by atoms with Gasteiger partial charge in [0.05, 0.1) is 21.8 Å². The molecule has 4 heteroatoms. The number of hydrogen-bond acceptors (Lipinski definition) is 3. The molecule has 0 fully saturated rings. The van der Waals surface area contributed by atoms with Crippen LogP contribution in [0.4, 0.5) is 0 Å². The molecule has 0 spiro atoms. The van der Waals surface area contributed by atoms with Gasteiger partial charge in [-0.3, -0.25) is 0 Å². The lowest BCUT2D eigenvalue weighted by molar-refractivity contribution is 0.267. The second-order valence-corrected chi connectivity index (χ2v) is 5.71. The summed E-state index contributed by atoms with van der Waals surface area (Å²) in [6.07, 6.45) is 0. The molecule has 0 saturated carbocycles. The van der Waals surface area contributed by atoms with Gasteiger partial charge in [-0.05, 0) is 53.6 Å². The average Bonchev–Trinajstić information content (AvgIpc) is 2.48. The van der Waals surface area contributed by atoms with Crippen LogP contribution in [-0.2, 0) is 6.61 Å². The molecular formula is C17H16INO2. The Morgan fingerprint density at radius 2 is 1.95 bits per heavy atom. The summed E-state index contributed by atoms with van der Waals surface area (Å²) in [5.74, 6) is 1.31. The fourth-order valence-electron chi connectivity index (χ4n) is 1.96. The lowest BCUT2D eigenvalue weighted by Crippen LogP contribution is -2.03. The Hall–Kier alpha value is -1.74. The molecule has 2 aromatic carbocycles. The third-order valence-corrected chi connectivity index (χ3v) is 3.87. The van der Waals surface area contributed by atoms with Crippen LogP contribution in [0.15, 0.2) is 36.4 Å². The monoisotopic (exact) mass is 393 g/mol. The zero-order chi connectivity index (χ0) is 15.2. The van der Waals surface area contributed by atoms with Gasteiger partial charge in [-0.2, -0.15) is 5.26 Å². The summed E-state index contributed by atoms with van der Waals surface area (Å²) >= 11 is 2.17. The van der Waals surface area contributed by atoms with E-state index in [9.17, 15) is 0 Å². The Labute approximate surface area is 138 Å². The van der Waals surface area contributed by atoms with Crippen molar-refractivity contribution in [3.63, 3.8) is 0 Å². The van der Waals surface area contributed by atoms with Gasteiger partial charge < -0.3 is 9.47 Å². The molecule has 2 aromatic rings. The highest BCUT2D eigenvalue weighted by Gasteiger charge is 2.12. The molecule has 21 heavy (non-hydrogen) atoms. The first kappa shape index (κ1) is 15.6. The van der Waals surface area contributed by atoms with Gasteiger partial charge >= 0.3 is 0 Å². The molecule has 0 atom stereocenters. The minimum Gasteiger partial charge on any atom is -0.490 e. The van der Waals surface area contributed by atoms with E-state index < -0.39 is 0 Å². The van der Waals surface area contributed by atoms with Gasteiger partial charge in [-0.25, -0.2) is 0 Å². The number of hydrogen-bond donors (Lipinski definition) is 0. The van der Waals surface area contributed by atoms with Crippen LogP contribution in [0, 0.1) is 21.8 Å². The van der Waals surface area contributed by atoms with E-state index in [4.69, 9.17) is 14.7 Å². The summed E-state index contributed by atoms with van der Waals surface area (Å²) in [4.78, 5) is 0. The fourth-order valence-corrected chi connectivity index (χ4v) is 2.71. The van der Waals surface area contributed by atoms with Crippen molar-refractivity contribution in [1.29, 1.82) is 5.26 Å². The molecule has 0 aromatic heterocycles. The number of rotatable bonds is 5. The molecule has 0 aliphatic rings. The molecule has 0 saturated heterocycles. The van der Waals surface area contributed by atoms with Crippen molar-refractivity contribution in [3.8, 4) is 17.6 Å². The van der Waals surface area contributed by atoms with E-state index in [1.807, 2.05) is 25.1 Å². The average molecular weight is 393 g/mol. The standard InChI is InChI=1S/C17H16INO2/c1-3-20-16-9-13(10-19)8-15(18)17(16)21-11-14-7-5-4-6-12(14)2/h4-9H,3,11H2,1-2H3. The lowest BCUT2D eigenvalue weighted by atomic mass is 10.1. The van der Waals surface area contributed by atoms with E-state index in [0.717, 1.165) is 9.13 Å². The van der Waals surface area contributed by atoms with Gasteiger partial charge in [-0.1, -0.05) is 24.3 Å². The molecule has 2 rings (SSSR count). The quantitative estimate of drug-likeness (QED) is 0.705. The van der Waals surface area contributed by atoms with E-state index in [1.54, 1.807) is 12.1 Å². The summed E-state index contributed by atoms with van der Waals surface area (Å²) in [7, 11) is 0. The van der Waals surface area contributed by atoms with E-state index in [1.165, 1.54) is 5.56 Å². The van der Waals surface area contributed by atoms with Crippen molar-refractivity contribution in [1.82, 2.24) is 0 Å². The van der Waals surface area contributed by atoms with E-state index in [0.29, 0.717) is 30.3 Å². The van der Waals surface area contributed by atoms with Gasteiger partial charge in [0.15, 0.2) is 11.5 Å². The summed E-state index contributed by atoms with van der Waals surface area (Å²) in [5.41, 5.74) is 2.91. The Morgan fingerprint density at radius 1 is 1.19 bits per heavy atom. The molecule has 0 bridgehead atoms. The van der Waals surface area contributed by atoms with Crippen molar-refractivity contribution < 1.29 is 9.47 Å². The highest BCUT2D eigenvalue weighted by atomic mass is 127. The van der Waals surface area contributed by atoms with Crippen LogP contribution in [0.25, 0.3) is 0 Å². The van der Waals surface area contributed by atoms with Crippen LogP contribution in [0.5, 0.6) is 11.5 Å². The highest BCUT2D eigenvalue weighted by Crippen LogP contribution is 2.34. The molecule has 0 unspecified atom stereocenters. The Morgan fingerprint density at radius 3 is 2.62 bits per heavy atom. The predicted molar refractivity (Wildman–Crippen MR) is 90.6 cm³/mol. The first-order valence-corrected chi connectivity index (χ1v) is 7.77. The maximum Gasteiger partial charge on any atom is 0.175 e. The topological polar surface area (TPSA) is 42.2 Å². The normalized spacial score (nSPS) is 10.0. The third-order valence-electron chi connectivity index (χ3n) is 3.07. The van der Waals surface area contributed by atoms with Gasteiger partial charge in [-0.15, -0.1) is 0 Å². The molecule has 0 aliphatic carbocycles. The first-order valence-electron chi connectivity index (χ1n) is 6.69. The van der Waals surface area contributed by atoms with Gasteiger partial charge in [0.1, 0.15) is 6.61 Å². The molecule has 0 aliphatic heterocycles. The maximum absolute atomic E-state index is 9.04. The lowest BCUT2D eigenvalue weighted by Gasteiger charge is -2.15. The molecule has 108 valence electrons. The summed E-state index contributed by atoms with van der Waals surface area (Å²) in [6, 6.07) is 13.8. The summed E-state index contributed by atoms with van der Waals surface area (Å²) in [5, 5.41) is 9.04. The molecule has 0 amide bonds. The zero-order valence-electron chi connectivity index (χ0n) is 12.0. The van der Waals surface area contributed by atoms with Gasteiger partial charge in [0.25, 0.3) is 0 Å². The van der Waals surface area contributed by atoms with Gasteiger partial charge in [0, 0.05) is 6.07 Å². The van der Waals surface area contributed by atoms with E-state index in [2.05, 4.69) is 41.7 Å². The maximum atomic E-state index is 9.04. The minimum atomic E-state index is 0.481. The second-order valence-electron chi connectivity index (χ2n) is 4.55. The van der Waals surface area contributed by atoms with Crippen molar-refractivity contribution in [2.24, 2.45) is 0 Å². The SMILES string of the molecule is CCOc1cc(C#N)cc(I)c1OCc1ccccc1C. The number of benzene rings is 2. The number of aryl methyl sites for hydroxylation is 1. The van der Waals surface area contributed by atoms with Crippen molar-refractivity contribution in [2.75, 3.05) is 6.61 Å². The number of ether oxygens (including phenoxy) is 2. The zero-order valence-corrected chi connectivity index (χ0v) is 14.2. The van der Waals surface area contributed by atoms with Crippen LogP contribution >= 0.6 is 22.6 Å². The number of halogens is 1. The van der Waals surface area contributed by atoms with Gasteiger partial charge in [0.2, 0.25) is 0 Å². The Balaban J connectivity index is 2.27. The smallest absolute Gasteiger partial charge is 0.175 e. The van der Waals surface area contributed by atoms with E-state index >= 15 is 0 Å². The fraction of sp³-hybridized carbons (Fsp3) is 0.235. The van der Waals surface area contributed by atoms with Crippen molar-refractivity contribution in [2.45, 2.75) is 20.5 Å². The Bertz CT molecular complexity index is 677. The van der Waals surface area contributed by atoms with Crippen LogP contribution in [0.1, 0.15) is 23.6 Å². The summed E-state index contributed by atoms with van der Waals surface area (Å²) in [6.45, 7) is 4.99.